The van der Waals surface area contributed by atoms with Gasteiger partial charge in [0.25, 0.3) is 5.91 Å². The number of alkyl halides is 2. The van der Waals surface area contributed by atoms with Gasteiger partial charge < -0.3 is 15.0 Å². The highest BCUT2D eigenvalue weighted by Crippen LogP contribution is 2.20. The maximum Gasteiger partial charge on any atom is 0.341 e. The van der Waals surface area contributed by atoms with E-state index in [9.17, 15) is 26.8 Å². The third-order valence-corrected chi connectivity index (χ3v) is 5.47. The summed E-state index contributed by atoms with van der Waals surface area (Å²) in [6, 6.07) is 11.7. The first kappa shape index (κ1) is 20.5. The van der Waals surface area contributed by atoms with Crippen LogP contribution in [0.4, 0.5) is 14.5 Å². The van der Waals surface area contributed by atoms with Crippen LogP contribution in [0.2, 0.25) is 0 Å². The molecule has 3 rings (SSSR count). The second kappa shape index (κ2) is 8.39. The van der Waals surface area contributed by atoms with E-state index in [1.165, 1.54) is 12.1 Å². The predicted octanol–water partition coefficient (Wildman–Crippen LogP) is 2.89. The molecule has 0 aliphatic rings. The molecule has 7 nitrogen and oxygen atoms in total. The molecule has 1 amide bonds. The number of aromatic amines is 1. The number of amides is 1. The molecule has 0 aliphatic heterocycles. The van der Waals surface area contributed by atoms with Crippen molar-refractivity contribution >= 4 is 38.3 Å². The number of anilines is 1. The van der Waals surface area contributed by atoms with Crippen molar-refractivity contribution in [1.29, 1.82) is 0 Å². The summed E-state index contributed by atoms with van der Waals surface area (Å²) in [5.74, 6) is -4.77. The van der Waals surface area contributed by atoms with Gasteiger partial charge in [0.05, 0.1) is 11.3 Å². The molecule has 0 spiro atoms. The highest BCUT2D eigenvalue weighted by Gasteiger charge is 2.26. The molecule has 0 fully saturated rings. The molecule has 1 aromatic heterocycles. The van der Waals surface area contributed by atoms with Gasteiger partial charge in [-0.3, -0.25) is 9.59 Å². The molecule has 0 saturated heterocycles. The average Bonchev–Trinajstić information content (AvgIpc) is 3.09. The van der Waals surface area contributed by atoms with E-state index in [0.29, 0.717) is 0 Å². The summed E-state index contributed by atoms with van der Waals surface area (Å²) in [4.78, 5) is 26.3. The minimum atomic E-state index is -4.70. The van der Waals surface area contributed by atoms with Gasteiger partial charge in [-0.25, -0.2) is 8.42 Å². The number of H-pyrrole nitrogens is 1. The quantitative estimate of drug-likeness (QED) is 0.570. The van der Waals surface area contributed by atoms with Gasteiger partial charge in [-0.1, -0.05) is 18.2 Å². The average molecular weight is 422 g/mol. The Morgan fingerprint density at radius 1 is 1.07 bits per heavy atom. The number of para-hydroxylation sites is 1. The third-order valence-electron chi connectivity index (χ3n) is 4.08. The maximum absolute atomic E-state index is 12.5. The predicted molar refractivity (Wildman–Crippen MR) is 101 cm³/mol. The van der Waals surface area contributed by atoms with Crippen LogP contribution in [-0.2, 0) is 30.6 Å². The number of aromatic nitrogens is 1. The van der Waals surface area contributed by atoms with Gasteiger partial charge in [-0.2, -0.15) is 8.78 Å². The molecule has 2 aromatic carbocycles. The number of nitrogens with one attached hydrogen (secondary N) is 2. The highest BCUT2D eigenvalue weighted by molar-refractivity contribution is 7.91. The number of rotatable bonds is 7. The molecule has 0 saturated carbocycles. The Labute approximate surface area is 164 Å². The fourth-order valence-electron chi connectivity index (χ4n) is 2.66. The Kier molecular flexibility index (Phi) is 5.92. The molecule has 0 radical (unpaired) electrons. The van der Waals surface area contributed by atoms with Gasteiger partial charge in [0, 0.05) is 22.8 Å². The molecule has 0 bridgehead atoms. The van der Waals surface area contributed by atoms with Gasteiger partial charge >= 0.3 is 11.7 Å². The fourth-order valence-corrected chi connectivity index (χ4v) is 3.38. The van der Waals surface area contributed by atoms with Crippen LogP contribution >= 0.6 is 0 Å². The molecule has 1 heterocycles. The first-order valence-electron chi connectivity index (χ1n) is 8.40. The number of sulfone groups is 1. The lowest BCUT2D eigenvalue weighted by molar-refractivity contribution is -0.146. The zero-order valence-corrected chi connectivity index (χ0v) is 15.7. The molecule has 0 aliphatic carbocycles. The van der Waals surface area contributed by atoms with Crippen LogP contribution in [0.15, 0.2) is 59.6 Å². The van der Waals surface area contributed by atoms with Crippen molar-refractivity contribution in [2.45, 2.75) is 17.1 Å². The first-order valence-corrected chi connectivity index (χ1v) is 9.94. The van der Waals surface area contributed by atoms with Crippen LogP contribution in [0.5, 0.6) is 0 Å². The molecule has 2 N–H and O–H groups in total. The Morgan fingerprint density at radius 3 is 2.45 bits per heavy atom. The number of hydrogen-bond donors (Lipinski definition) is 2. The minimum Gasteiger partial charge on any atom is -0.455 e. The van der Waals surface area contributed by atoms with Crippen molar-refractivity contribution in [3.63, 3.8) is 0 Å². The van der Waals surface area contributed by atoms with E-state index in [4.69, 9.17) is 4.74 Å². The fraction of sp³-hybridized carbons (Fsp3) is 0.158. The lowest BCUT2D eigenvalue weighted by atomic mass is 10.1. The molecule has 10 heteroatoms. The minimum absolute atomic E-state index is 0.0164. The maximum atomic E-state index is 12.5. The molecule has 3 aromatic rings. The number of halogens is 2. The molecule has 29 heavy (non-hydrogen) atoms. The van der Waals surface area contributed by atoms with Crippen molar-refractivity contribution in [3.05, 3.63) is 60.3 Å². The second-order valence-electron chi connectivity index (χ2n) is 6.08. The lowest BCUT2D eigenvalue weighted by Gasteiger charge is -2.08. The van der Waals surface area contributed by atoms with E-state index in [1.807, 2.05) is 24.3 Å². The van der Waals surface area contributed by atoms with Gasteiger partial charge in [0.2, 0.25) is 9.84 Å². The second-order valence-corrected chi connectivity index (χ2v) is 7.99. The lowest BCUT2D eigenvalue weighted by Crippen LogP contribution is -2.21. The van der Waals surface area contributed by atoms with Gasteiger partial charge in [-0.15, -0.1) is 0 Å². The van der Waals surface area contributed by atoms with E-state index in [1.54, 1.807) is 6.20 Å². The number of benzene rings is 2. The highest BCUT2D eigenvalue weighted by atomic mass is 32.2. The summed E-state index contributed by atoms with van der Waals surface area (Å²) in [6.45, 7) is -0.543. The van der Waals surface area contributed by atoms with Crippen molar-refractivity contribution in [3.8, 4) is 0 Å². The SMILES string of the molecule is O=C(COC(=O)Cc1c[nH]c2ccccc12)Nc1ccc(S(=O)(=O)C(F)F)cc1. The topological polar surface area (TPSA) is 105 Å². The number of ether oxygens (including phenoxy) is 1. The van der Waals surface area contributed by atoms with Crippen molar-refractivity contribution in [1.82, 2.24) is 4.98 Å². The standard InChI is InChI=1S/C19H16F2N2O5S/c20-19(21)29(26,27)14-7-5-13(6-8-14)23-17(24)11-28-18(25)9-12-10-22-16-4-2-1-3-15(12)16/h1-8,10,19,22H,9,11H2,(H,23,24). The molecule has 0 atom stereocenters. The van der Waals surface area contributed by atoms with Crippen molar-refractivity contribution in [2.75, 3.05) is 11.9 Å². The summed E-state index contributed by atoms with van der Waals surface area (Å²) >= 11 is 0. The van der Waals surface area contributed by atoms with Crippen LogP contribution in [-0.4, -0.2) is 37.6 Å². The zero-order chi connectivity index (χ0) is 21.0. The van der Waals surface area contributed by atoms with E-state index in [2.05, 4.69) is 10.3 Å². The Morgan fingerprint density at radius 2 is 1.76 bits per heavy atom. The first-order chi connectivity index (χ1) is 13.8. The monoisotopic (exact) mass is 422 g/mol. The molecular weight excluding hydrogens is 406 g/mol. The molecular formula is C19H16F2N2O5S. The van der Waals surface area contributed by atoms with Crippen LogP contribution in [0, 0.1) is 0 Å². The Bertz CT molecular complexity index is 1140. The molecule has 152 valence electrons. The number of carbonyl (C=O) groups is 2. The summed E-state index contributed by atoms with van der Waals surface area (Å²) < 4.78 is 52.7. The number of carbonyl (C=O) groups excluding carboxylic acids is 2. The third kappa shape index (κ3) is 4.77. The largest absolute Gasteiger partial charge is 0.455 e. The molecule has 0 unspecified atom stereocenters. The zero-order valence-electron chi connectivity index (χ0n) is 14.9. The van der Waals surface area contributed by atoms with Gasteiger partial charge in [0.15, 0.2) is 6.61 Å². The summed E-state index contributed by atoms with van der Waals surface area (Å²) in [7, 11) is -4.70. The number of fused-ring (bicyclic) bond motifs is 1. The van der Waals surface area contributed by atoms with Crippen LogP contribution in [0.25, 0.3) is 10.9 Å². The van der Waals surface area contributed by atoms with Crippen LogP contribution in [0.1, 0.15) is 5.56 Å². The Balaban J connectivity index is 1.52. The summed E-state index contributed by atoms with van der Waals surface area (Å²) in [5, 5.41) is 3.27. The normalized spacial score (nSPS) is 11.6. The smallest absolute Gasteiger partial charge is 0.341 e. The summed E-state index contributed by atoms with van der Waals surface area (Å²) in [6.07, 6.45) is 1.68. The van der Waals surface area contributed by atoms with E-state index in [0.717, 1.165) is 28.6 Å². The number of hydrogen-bond acceptors (Lipinski definition) is 5. The van der Waals surface area contributed by atoms with Crippen LogP contribution in [0.3, 0.4) is 0 Å². The number of esters is 1. The van der Waals surface area contributed by atoms with E-state index < -0.39 is 39.0 Å². The van der Waals surface area contributed by atoms with E-state index >= 15 is 0 Å². The van der Waals surface area contributed by atoms with Gasteiger partial charge in [0.1, 0.15) is 0 Å². The Hall–Kier alpha value is -3.27. The van der Waals surface area contributed by atoms with E-state index in [-0.39, 0.29) is 12.1 Å². The van der Waals surface area contributed by atoms with Crippen molar-refractivity contribution < 1.29 is 31.5 Å². The van der Waals surface area contributed by atoms with Crippen molar-refractivity contribution in [2.24, 2.45) is 0 Å². The summed E-state index contributed by atoms with van der Waals surface area (Å²) in [5.41, 5.74) is 1.79. The van der Waals surface area contributed by atoms with Crippen LogP contribution < -0.4 is 5.32 Å². The van der Waals surface area contributed by atoms with Gasteiger partial charge in [-0.05, 0) is 35.9 Å².